The first kappa shape index (κ1) is 15.5. The standard InChI is InChI=1S/C13H24N4O2S/c1-9(2)14-8-12-13(10(3)15-16-12)20(18,19)17-11-6-4-5-7-11/h9,11,14,17H,4-8H2,1-3H3,(H,15,16). The Bertz CT molecular complexity index is 545. The molecule has 1 aromatic rings. The Morgan fingerprint density at radius 3 is 2.60 bits per heavy atom. The summed E-state index contributed by atoms with van der Waals surface area (Å²) < 4.78 is 27.9. The van der Waals surface area contributed by atoms with Crippen LogP contribution in [0.1, 0.15) is 50.9 Å². The summed E-state index contributed by atoms with van der Waals surface area (Å²) in [5.74, 6) is 0. The van der Waals surface area contributed by atoms with Gasteiger partial charge in [0.2, 0.25) is 10.0 Å². The minimum Gasteiger partial charge on any atom is -0.309 e. The number of nitrogens with zero attached hydrogens (tertiary/aromatic N) is 1. The third-order valence-corrected chi connectivity index (χ3v) is 5.31. The average Bonchev–Trinajstić information content (AvgIpc) is 2.95. The van der Waals surface area contributed by atoms with Gasteiger partial charge in [-0.25, -0.2) is 13.1 Å². The van der Waals surface area contributed by atoms with Gasteiger partial charge in [-0.2, -0.15) is 5.10 Å². The molecular weight excluding hydrogens is 276 g/mol. The molecule has 1 aliphatic carbocycles. The van der Waals surface area contributed by atoms with Gasteiger partial charge in [0.1, 0.15) is 4.90 Å². The molecule has 0 aromatic carbocycles. The van der Waals surface area contributed by atoms with Crippen molar-refractivity contribution in [2.75, 3.05) is 0 Å². The van der Waals surface area contributed by atoms with Crippen LogP contribution in [0.2, 0.25) is 0 Å². The second-order valence-corrected chi connectivity index (χ2v) is 7.41. The van der Waals surface area contributed by atoms with E-state index in [1.54, 1.807) is 6.92 Å². The predicted molar refractivity (Wildman–Crippen MR) is 77.9 cm³/mol. The maximum absolute atomic E-state index is 12.5. The SMILES string of the molecule is Cc1[nH]nc(CNC(C)C)c1S(=O)(=O)NC1CCCC1. The first-order valence-electron chi connectivity index (χ1n) is 7.19. The van der Waals surface area contributed by atoms with Crippen LogP contribution in [0.3, 0.4) is 0 Å². The molecule has 0 saturated heterocycles. The second-order valence-electron chi connectivity index (χ2n) is 5.76. The van der Waals surface area contributed by atoms with Gasteiger partial charge in [-0.1, -0.05) is 26.7 Å². The fourth-order valence-corrected chi connectivity index (χ4v) is 4.24. The van der Waals surface area contributed by atoms with Gasteiger partial charge >= 0.3 is 0 Å². The van der Waals surface area contributed by atoms with Crippen molar-refractivity contribution in [1.82, 2.24) is 20.2 Å². The third kappa shape index (κ3) is 3.59. The molecule has 1 aliphatic rings. The first-order chi connectivity index (χ1) is 9.40. The normalized spacial score (nSPS) is 17.2. The molecule has 3 N–H and O–H groups in total. The molecule has 20 heavy (non-hydrogen) atoms. The van der Waals surface area contributed by atoms with Crippen LogP contribution in [0.15, 0.2) is 4.90 Å². The summed E-state index contributed by atoms with van der Waals surface area (Å²) in [6.07, 6.45) is 4.05. The zero-order chi connectivity index (χ0) is 14.8. The van der Waals surface area contributed by atoms with E-state index in [1.165, 1.54) is 0 Å². The quantitative estimate of drug-likeness (QED) is 0.742. The molecular formula is C13H24N4O2S. The van der Waals surface area contributed by atoms with Crippen LogP contribution in [-0.4, -0.2) is 30.7 Å². The van der Waals surface area contributed by atoms with E-state index in [0.717, 1.165) is 25.7 Å². The molecule has 1 heterocycles. The van der Waals surface area contributed by atoms with Gasteiger partial charge in [0.15, 0.2) is 0 Å². The molecule has 114 valence electrons. The van der Waals surface area contributed by atoms with Crippen LogP contribution in [0.25, 0.3) is 0 Å². The van der Waals surface area contributed by atoms with E-state index < -0.39 is 10.0 Å². The Morgan fingerprint density at radius 2 is 2.00 bits per heavy atom. The van der Waals surface area contributed by atoms with Crippen molar-refractivity contribution in [1.29, 1.82) is 0 Å². The topological polar surface area (TPSA) is 86.9 Å². The highest BCUT2D eigenvalue weighted by Crippen LogP contribution is 2.23. The minimum atomic E-state index is -3.49. The van der Waals surface area contributed by atoms with Crippen molar-refractivity contribution >= 4 is 10.0 Å². The molecule has 7 heteroatoms. The lowest BCUT2D eigenvalue weighted by molar-refractivity contribution is 0.545. The molecule has 0 radical (unpaired) electrons. The minimum absolute atomic E-state index is 0.0696. The summed E-state index contributed by atoms with van der Waals surface area (Å²) in [7, 11) is -3.49. The van der Waals surface area contributed by atoms with Crippen LogP contribution in [0.5, 0.6) is 0 Å². The van der Waals surface area contributed by atoms with E-state index in [2.05, 4.69) is 20.2 Å². The largest absolute Gasteiger partial charge is 0.309 e. The number of aryl methyl sites for hydroxylation is 1. The molecule has 0 unspecified atom stereocenters. The van der Waals surface area contributed by atoms with Crippen molar-refractivity contribution in [3.8, 4) is 0 Å². The van der Waals surface area contributed by atoms with Crippen LogP contribution in [0, 0.1) is 6.92 Å². The number of rotatable bonds is 6. The molecule has 0 spiro atoms. The van der Waals surface area contributed by atoms with Gasteiger partial charge in [0.05, 0.1) is 11.4 Å². The molecule has 1 fully saturated rings. The second kappa shape index (κ2) is 6.24. The predicted octanol–water partition coefficient (Wildman–Crippen LogP) is 1.44. The Hall–Kier alpha value is -0.920. The van der Waals surface area contributed by atoms with Gasteiger partial charge in [0.25, 0.3) is 0 Å². The number of nitrogens with one attached hydrogen (secondary N) is 3. The first-order valence-corrected chi connectivity index (χ1v) is 8.68. The maximum Gasteiger partial charge on any atom is 0.244 e. The number of sulfonamides is 1. The lowest BCUT2D eigenvalue weighted by atomic mass is 10.3. The zero-order valence-corrected chi connectivity index (χ0v) is 13.2. The summed E-state index contributed by atoms with van der Waals surface area (Å²) in [6, 6.07) is 0.352. The van der Waals surface area contributed by atoms with Crippen LogP contribution in [0.4, 0.5) is 0 Å². The van der Waals surface area contributed by atoms with E-state index in [-0.39, 0.29) is 12.1 Å². The third-order valence-electron chi connectivity index (χ3n) is 3.58. The lowest BCUT2D eigenvalue weighted by Gasteiger charge is -2.14. The van der Waals surface area contributed by atoms with Crippen molar-refractivity contribution < 1.29 is 8.42 Å². The van der Waals surface area contributed by atoms with Gasteiger partial charge in [-0.3, -0.25) is 5.10 Å². The van der Waals surface area contributed by atoms with Crippen molar-refractivity contribution in [2.45, 2.75) is 70.0 Å². The highest BCUT2D eigenvalue weighted by molar-refractivity contribution is 7.89. The summed E-state index contributed by atoms with van der Waals surface area (Å²) >= 11 is 0. The van der Waals surface area contributed by atoms with Gasteiger partial charge in [0, 0.05) is 18.6 Å². The summed E-state index contributed by atoms with van der Waals surface area (Å²) in [4.78, 5) is 0.303. The van der Waals surface area contributed by atoms with E-state index in [0.29, 0.717) is 22.8 Å². The van der Waals surface area contributed by atoms with Gasteiger partial charge < -0.3 is 5.32 Å². The molecule has 1 saturated carbocycles. The zero-order valence-electron chi connectivity index (χ0n) is 12.4. The molecule has 6 nitrogen and oxygen atoms in total. The van der Waals surface area contributed by atoms with Crippen LogP contribution in [-0.2, 0) is 16.6 Å². The monoisotopic (exact) mass is 300 g/mol. The fraction of sp³-hybridized carbons (Fsp3) is 0.769. The summed E-state index contributed by atoms with van der Waals surface area (Å²) in [5, 5.41) is 10.1. The van der Waals surface area contributed by atoms with E-state index in [1.807, 2.05) is 13.8 Å². The van der Waals surface area contributed by atoms with Crippen molar-refractivity contribution in [2.24, 2.45) is 0 Å². The van der Waals surface area contributed by atoms with Crippen molar-refractivity contribution in [3.63, 3.8) is 0 Å². The maximum atomic E-state index is 12.5. The fourth-order valence-electron chi connectivity index (χ4n) is 2.57. The van der Waals surface area contributed by atoms with E-state index >= 15 is 0 Å². The molecule has 0 aliphatic heterocycles. The van der Waals surface area contributed by atoms with Crippen LogP contribution >= 0.6 is 0 Å². The number of H-pyrrole nitrogens is 1. The highest BCUT2D eigenvalue weighted by atomic mass is 32.2. The summed E-state index contributed by atoms with van der Waals surface area (Å²) in [6.45, 7) is 6.23. The lowest BCUT2D eigenvalue weighted by Crippen LogP contribution is -2.34. The number of aromatic nitrogens is 2. The van der Waals surface area contributed by atoms with Crippen molar-refractivity contribution in [3.05, 3.63) is 11.4 Å². The van der Waals surface area contributed by atoms with E-state index in [9.17, 15) is 8.42 Å². The average molecular weight is 300 g/mol. The number of aromatic amines is 1. The van der Waals surface area contributed by atoms with Gasteiger partial charge in [-0.15, -0.1) is 0 Å². The Labute approximate surface area is 120 Å². The smallest absolute Gasteiger partial charge is 0.244 e. The molecule has 0 atom stereocenters. The molecule has 1 aromatic heterocycles. The molecule has 0 bridgehead atoms. The Kier molecular flexibility index (Phi) is 4.82. The highest BCUT2D eigenvalue weighted by Gasteiger charge is 2.28. The molecule has 2 rings (SSSR count). The molecule has 0 amide bonds. The van der Waals surface area contributed by atoms with Crippen LogP contribution < -0.4 is 10.0 Å². The Morgan fingerprint density at radius 1 is 1.35 bits per heavy atom. The van der Waals surface area contributed by atoms with E-state index in [4.69, 9.17) is 0 Å². The summed E-state index contributed by atoms with van der Waals surface area (Å²) in [5.41, 5.74) is 1.15. The number of hydrogen-bond donors (Lipinski definition) is 3. The van der Waals surface area contributed by atoms with Gasteiger partial charge in [-0.05, 0) is 19.8 Å². The number of hydrogen-bond acceptors (Lipinski definition) is 4. The Balaban J connectivity index is 2.19.